The molecule has 0 unspecified atom stereocenters. The Kier molecular flexibility index (Phi) is 42.1. The van der Waals surface area contributed by atoms with Crippen LogP contribution >= 0.6 is 41.3 Å². The molecule has 51 heteroatoms. The summed E-state index contributed by atoms with van der Waals surface area (Å²) in [4.78, 5) is 106. The van der Waals surface area contributed by atoms with Gasteiger partial charge in [0.05, 0.1) is 42.7 Å². The third-order valence-electron chi connectivity index (χ3n) is 25.9. The Morgan fingerprint density at radius 2 is 0.750 bits per heavy atom. The lowest BCUT2D eigenvalue weighted by atomic mass is 9.95. The van der Waals surface area contributed by atoms with Gasteiger partial charge in [-0.15, -0.1) is 79.1 Å². The minimum absolute atomic E-state index is 0.0241. The number of aliphatic hydroxyl groups excluding tert-OH is 10. The average Bonchev–Trinajstić information content (AvgIpc) is 1.61. The summed E-state index contributed by atoms with van der Waals surface area (Å²) in [7, 11) is -2.03. The minimum atomic E-state index is -2.03. The highest BCUT2D eigenvalue weighted by atomic mass is 31.2. The van der Waals surface area contributed by atoms with E-state index in [1.807, 2.05) is 6.92 Å². The van der Waals surface area contributed by atoms with Gasteiger partial charge in [-0.3, -0.25) is 32.2 Å². The molecule has 12 heterocycles. The number of amides is 1. The molecule has 44 nitrogen and oxygen atoms in total. The van der Waals surface area contributed by atoms with Crippen molar-refractivity contribution in [1.82, 2.24) is 57.3 Å². The van der Waals surface area contributed by atoms with Crippen LogP contribution in [0.1, 0.15) is 148 Å². The highest BCUT2D eigenvalue weighted by Crippen LogP contribution is 2.49. The molecule has 6 fully saturated rings. The van der Waals surface area contributed by atoms with Gasteiger partial charge in [-0.2, -0.15) is 29.9 Å². The highest BCUT2D eigenvalue weighted by Gasteiger charge is 2.57. The van der Waals surface area contributed by atoms with Crippen molar-refractivity contribution in [2.45, 2.75) is 278 Å². The summed E-state index contributed by atoms with van der Waals surface area (Å²) in [5.41, 5.74) is 21.9. The second kappa shape index (κ2) is 49.0. The van der Waals surface area contributed by atoms with Crippen LogP contribution in [0.25, 0.3) is 0 Å². The van der Waals surface area contributed by atoms with E-state index >= 15 is 0 Å². The van der Waals surface area contributed by atoms with Gasteiger partial charge in [0, 0.05) is 60.8 Å². The van der Waals surface area contributed by atoms with Gasteiger partial charge in [-0.1, -0.05) is 27.7 Å². The van der Waals surface area contributed by atoms with Crippen LogP contribution in [-0.4, -0.2) is 396 Å². The van der Waals surface area contributed by atoms with Gasteiger partial charge in [0.25, 0.3) is 0 Å². The molecule has 0 spiro atoms. The number of aliphatic hydroxyl groups is 12. The molecule has 6 saturated heterocycles. The number of nitrogen functional groups attached to an aromatic ring is 5. The first-order valence-corrected chi connectivity index (χ1v) is 68.5. The number of carbonyl (C=O) groups is 1. The van der Waals surface area contributed by atoms with Crippen LogP contribution in [0.3, 0.4) is 0 Å². The maximum absolute atomic E-state index is 12.5. The van der Waals surface area contributed by atoms with Gasteiger partial charge in [0.1, 0.15) is 107 Å². The van der Waals surface area contributed by atoms with Gasteiger partial charge < -0.3 is 128 Å². The monoisotopic (exact) mass is 2160 g/mol. The summed E-state index contributed by atoms with van der Waals surface area (Å²) >= 11 is 0. The molecule has 144 heavy (non-hydrogen) atoms. The van der Waals surface area contributed by atoms with Crippen molar-refractivity contribution in [2.24, 2.45) is 0 Å². The summed E-state index contributed by atoms with van der Waals surface area (Å²) in [6.45, 7) is 37.9. The van der Waals surface area contributed by atoms with E-state index < -0.39 is 230 Å². The van der Waals surface area contributed by atoms with Crippen molar-refractivity contribution < 1.29 is 98.9 Å². The normalized spacial score (nSPS) is 29.3. The van der Waals surface area contributed by atoms with Crippen LogP contribution < -0.4 is 68.1 Å². The molecular weight excluding hydrogens is 2000 g/mol. The van der Waals surface area contributed by atoms with E-state index in [1.54, 1.807) is 13.8 Å². The quantitative estimate of drug-likeness (QED) is 0.0236. The van der Waals surface area contributed by atoms with Crippen molar-refractivity contribution in [3.8, 4) is 0 Å². The number of hydrogen-bond acceptors (Lipinski definition) is 37. The highest BCUT2D eigenvalue weighted by molar-refractivity contribution is 7.73. The predicted octanol–water partition coefficient (Wildman–Crippen LogP) is 2.20. The SMILES string of the molecule is C=P(C)(C)CC[C@@]1(C)O[C@@H](n2ccc(N)nc2=O)[C@H](O)[C@@H]1O.C=P(C)(C)CC[C@H]1O[C@@H](n2cc(C)c(N)nc2=O)[C@H](O)[C@@H]1O.C=P(C)(C)CC[C@H]1O[C@@H](n2cc(CC)c(NC(C)=O)nc2=O)[C@H](O)[C@@H]1O.C=P(C)(C)CC[C@H]1O[C@@H](n2cc(CO[Si](C)(C)C(C)(C)C)c(N)nc2=O)[C@H](O)[C@@H]1O.C=P(C)(C)CC[C@H]1O[C@@H](n2ccc(N)nc2=O)[C@@](C)(O)[C@@H]1O.C=P(C)(C)CC[C@H]1O[C@@H](n2ccc(N)nc2=O)[C@](C)(O)[C@@H]1O. The molecule has 1 amide bonds. The van der Waals surface area contributed by atoms with Gasteiger partial charge in [-0.25, -0.2) is 28.8 Å². The number of nitrogens with zero attached hydrogens (tertiary/aromatic N) is 12. The lowest BCUT2D eigenvalue weighted by molar-refractivity contribution is -0.114. The van der Waals surface area contributed by atoms with E-state index in [-0.39, 0.29) is 52.5 Å². The topological polar surface area (TPSA) is 676 Å². The predicted molar refractivity (Wildman–Crippen MR) is 585 cm³/mol. The Hall–Kier alpha value is -6.99. The molecule has 12 rings (SSSR count). The number of anilines is 6. The molecule has 814 valence electrons. The smallest absolute Gasteiger partial charge is 0.351 e. The van der Waals surface area contributed by atoms with Crippen LogP contribution in [0.5, 0.6) is 0 Å². The summed E-state index contributed by atoms with van der Waals surface area (Å²) in [5, 5.41) is 127. The van der Waals surface area contributed by atoms with E-state index in [4.69, 9.17) is 61.5 Å². The summed E-state index contributed by atoms with van der Waals surface area (Å²) in [6, 6.07) is 4.35. The number of nitrogens with one attached hydrogen (secondary N) is 1. The zero-order valence-corrected chi connectivity index (χ0v) is 93.8. The number of ether oxygens (including phenoxy) is 6. The molecule has 24 atom stereocenters. The van der Waals surface area contributed by atoms with Crippen molar-refractivity contribution in [2.75, 3.05) is 151 Å². The molecule has 6 aliphatic heterocycles. The van der Waals surface area contributed by atoms with Crippen LogP contribution in [0.2, 0.25) is 18.1 Å². The lowest BCUT2D eigenvalue weighted by Crippen LogP contribution is -2.45. The van der Waals surface area contributed by atoms with E-state index in [0.29, 0.717) is 61.6 Å². The molecular formula is C93H162N18O26P6Si. The second-order valence-electron chi connectivity index (χ2n) is 44.3. The first kappa shape index (κ1) is 124. The van der Waals surface area contributed by atoms with Crippen LogP contribution in [0.15, 0.2) is 84.1 Å². The summed E-state index contributed by atoms with van der Waals surface area (Å²) < 4.78 is 48.0. The molecule has 6 aromatic heterocycles. The van der Waals surface area contributed by atoms with E-state index in [1.165, 1.54) is 89.9 Å². The average molecular weight is 2160 g/mol. The first-order chi connectivity index (χ1) is 65.7. The molecule has 0 saturated carbocycles. The van der Waals surface area contributed by atoms with E-state index in [0.717, 1.165) is 50.7 Å². The Morgan fingerprint density at radius 1 is 0.438 bits per heavy atom. The van der Waals surface area contributed by atoms with Crippen molar-refractivity contribution >= 4 is 128 Å². The molecule has 0 radical (unpaired) electrons. The van der Waals surface area contributed by atoms with Gasteiger partial charge in [0.2, 0.25) is 5.91 Å². The third kappa shape index (κ3) is 33.5. The second-order valence-corrected chi connectivity index (χ2v) is 75.0. The summed E-state index contributed by atoms with van der Waals surface area (Å²) in [5.74, 6) is 0.419. The van der Waals surface area contributed by atoms with Crippen molar-refractivity contribution in [3.63, 3.8) is 0 Å². The number of hydrogen-bond donors (Lipinski definition) is 18. The Labute approximate surface area is 843 Å². The molecule has 0 aliphatic carbocycles. The Bertz CT molecular complexity index is 6010. The number of nitrogens with two attached hydrogens (primary N) is 5. The third-order valence-corrected chi connectivity index (χ3v) is 39.2. The maximum Gasteiger partial charge on any atom is 0.351 e. The van der Waals surface area contributed by atoms with E-state index in [2.05, 4.69) is 187 Å². The fraction of sp³-hybridized carbons (Fsp3) is 0.667. The zero-order valence-electron chi connectivity index (χ0n) is 87.5. The van der Waals surface area contributed by atoms with Crippen molar-refractivity contribution in [1.29, 1.82) is 0 Å². The van der Waals surface area contributed by atoms with Crippen LogP contribution in [0, 0.1) is 6.92 Å². The van der Waals surface area contributed by atoms with Gasteiger partial charge in [0.15, 0.2) is 45.7 Å². The number of aryl methyl sites for hydroxylation is 2. The molecule has 6 aromatic rings. The zero-order chi connectivity index (χ0) is 109. The fourth-order valence-corrected chi connectivity index (χ4v) is 22.7. The molecule has 23 N–H and O–H groups in total. The Morgan fingerprint density at radius 3 is 1.08 bits per heavy atom. The van der Waals surface area contributed by atoms with Gasteiger partial charge >= 0.3 is 34.1 Å². The summed E-state index contributed by atoms with van der Waals surface area (Å²) in [6.07, 6.45) is 22.4. The fourth-order valence-electron chi connectivity index (χ4n) is 15.9. The standard InChI is InChI=1S/C20H38N3O5PSi.C17H28N3O5P.4C14H24N3O4P/c1-20(2,3)30(7,8)27-12-13-11-23(19(26)22-17(13)21)18-16(25)15(24)14(28-18)9-10-29(4,5)6;1-6-11-9-20(17(24)19-15(11)18-10(2)21)16-14(23)13(22)12(25-16)7-8-26(3,4)5;2*1-14(20)11(18)9(6-8-22(2,3)4)21-12(14)17-7-5-10(15)16-13(17)19;1-14(6-8-22(2,3)4)11(19)10(18)12(21-14)17-7-5-9(15)16-13(17)20;1-8-7-17(14(20)16-12(8)15)13-11(19)10(18)9(21-13)5-6-22(2,3)4/h11,14-16,18,24-25H,4,9-10,12H2,1-3,5-8H3,(H2,21,22,26);9,12-14,16,22-23H,3,6-8H2,1-2,4-5H3,(H,18,19,21,24);2*5,7,9,11-12,18,20H,2,6,8H2,1,3-4H3,(H2,15,16,19);5,7,10-12,18-19H,2,6,8H2,1,3-4H3,(H2,15,16,20);7,9-11,13,18-19H,2,5-6H2,1,3-4H3,(H2,15,16,20)/t14-,15-,16-,18-;12-,13-,14-,16-;9-,11-,12-,14+;9-,11-,12-,14-;10-,11+,12-,14-;9-,10-,11-,13-/m111111/s1. The van der Waals surface area contributed by atoms with E-state index in [9.17, 15) is 94.8 Å². The number of rotatable bonds is 29. The largest absolute Gasteiger partial charge is 0.412 e. The van der Waals surface area contributed by atoms with Crippen molar-refractivity contribution in [3.05, 3.63) is 135 Å². The molecule has 0 aromatic carbocycles. The first-order valence-electron chi connectivity index (χ1n) is 47.3. The van der Waals surface area contributed by atoms with Crippen LogP contribution in [-0.2, 0) is 50.7 Å². The lowest BCUT2D eigenvalue weighted by Gasteiger charge is -2.36. The maximum atomic E-state index is 12.5. The minimum Gasteiger partial charge on any atom is -0.412 e. The number of carbonyl (C=O) groups excluding carboxylic acids is 1. The molecule has 6 aliphatic rings. The number of aromatic nitrogens is 12. The van der Waals surface area contributed by atoms with Crippen LogP contribution in [0.4, 0.5) is 34.9 Å². The van der Waals surface area contributed by atoms with Gasteiger partial charge in [-0.05, 0) is 226 Å². The Balaban J connectivity index is 0.000000235. The molecule has 0 bridgehead atoms.